The van der Waals surface area contributed by atoms with Crippen LogP contribution in [0.2, 0.25) is 0 Å². The summed E-state index contributed by atoms with van der Waals surface area (Å²) in [6.07, 6.45) is 3.06. The Hall–Kier alpha value is -1.72. The van der Waals surface area contributed by atoms with Gasteiger partial charge in [0, 0.05) is 30.9 Å². The number of aliphatic hydroxyl groups excluding tert-OH is 1. The minimum Gasteiger partial charge on any atom is -0.385 e. The van der Waals surface area contributed by atoms with Crippen LogP contribution >= 0.6 is 0 Å². The summed E-state index contributed by atoms with van der Waals surface area (Å²) in [5.41, 5.74) is 2.42. The van der Waals surface area contributed by atoms with Gasteiger partial charge >= 0.3 is 0 Å². The lowest BCUT2D eigenvalue weighted by Crippen LogP contribution is -2.38. The number of aryl methyl sites for hydroxylation is 1. The van der Waals surface area contributed by atoms with Gasteiger partial charge < -0.3 is 10.4 Å². The van der Waals surface area contributed by atoms with Crippen LogP contribution in [0.25, 0.3) is 11.3 Å². The Labute approximate surface area is 119 Å². The van der Waals surface area contributed by atoms with Gasteiger partial charge in [0.15, 0.2) is 0 Å². The minimum atomic E-state index is -0.620. The highest BCUT2D eigenvalue weighted by molar-refractivity contribution is 5.56. The molecule has 0 fully saturated rings. The number of aromatic nitrogens is 3. The van der Waals surface area contributed by atoms with Crippen molar-refractivity contribution in [3.05, 3.63) is 36.3 Å². The zero-order valence-electron chi connectivity index (χ0n) is 12.5. The highest BCUT2D eigenvalue weighted by Crippen LogP contribution is 2.19. The number of hydrogen-bond acceptors (Lipinski definition) is 4. The zero-order valence-corrected chi connectivity index (χ0v) is 12.5. The zero-order chi connectivity index (χ0) is 14.8. The third-order valence-corrected chi connectivity index (χ3v) is 2.94. The minimum absolute atomic E-state index is 0.0259. The smallest absolute Gasteiger partial charge is 0.108 e. The third kappa shape index (κ3) is 3.88. The molecule has 2 N–H and O–H groups in total. The van der Waals surface area contributed by atoms with Gasteiger partial charge in [0.1, 0.15) is 6.10 Å². The normalized spacial score (nSPS) is 13.4. The van der Waals surface area contributed by atoms with Gasteiger partial charge in [0.25, 0.3) is 0 Å². The van der Waals surface area contributed by atoms with Crippen LogP contribution in [0, 0.1) is 0 Å². The molecule has 0 radical (unpaired) electrons. The molecule has 0 aromatic carbocycles. The first-order chi connectivity index (χ1) is 9.35. The maximum Gasteiger partial charge on any atom is 0.108 e. The predicted octanol–water partition coefficient (Wildman–Crippen LogP) is 1.90. The number of nitrogens with zero attached hydrogens (tertiary/aromatic N) is 3. The van der Waals surface area contributed by atoms with E-state index in [0.717, 1.165) is 11.3 Å². The van der Waals surface area contributed by atoms with Gasteiger partial charge in [-0.2, -0.15) is 5.10 Å². The summed E-state index contributed by atoms with van der Waals surface area (Å²) in [6.45, 7) is 6.69. The Morgan fingerprint density at radius 1 is 1.35 bits per heavy atom. The van der Waals surface area contributed by atoms with Crippen molar-refractivity contribution in [3.63, 3.8) is 0 Å². The summed E-state index contributed by atoms with van der Waals surface area (Å²) in [5.74, 6) is 0. The average molecular weight is 274 g/mol. The van der Waals surface area contributed by atoms with E-state index in [0.29, 0.717) is 12.2 Å². The fraction of sp³-hybridized carbons (Fsp3) is 0.467. The number of aliphatic hydroxyl groups is 1. The van der Waals surface area contributed by atoms with Crippen molar-refractivity contribution in [2.24, 2.45) is 7.05 Å². The maximum absolute atomic E-state index is 10.2. The SMILES string of the molecule is Cn1cc(-c2cccc([C@@H](O)CNC(C)(C)C)n2)cn1. The van der Waals surface area contributed by atoms with Crippen LogP contribution in [-0.2, 0) is 7.05 Å². The average Bonchev–Trinajstić information content (AvgIpc) is 2.82. The standard InChI is InChI=1S/C15H22N4O/c1-15(2,3)16-9-14(20)13-7-5-6-12(18-13)11-8-17-19(4)10-11/h5-8,10,14,16,20H,9H2,1-4H3/t14-/m0/s1. The fourth-order valence-corrected chi connectivity index (χ4v) is 1.86. The van der Waals surface area contributed by atoms with Gasteiger partial charge in [-0.3, -0.25) is 4.68 Å². The molecule has 5 heteroatoms. The van der Waals surface area contributed by atoms with Crippen molar-refractivity contribution in [1.29, 1.82) is 0 Å². The molecule has 108 valence electrons. The van der Waals surface area contributed by atoms with E-state index in [4.69, 9.17) is 0 Å². The van der Waals surface area contributed by atoms with Crippen LogP contribution in [0.15, 0.2) is 30.6 Å². The lowest BCUT2D eigenvalue weighted by molar-refractivity contribution is 0.159. The molecule has 2 rings (SSSR count). The molecule has 0 saturated carbocycles. The molecule has 2 heterocycles. The summed E-state index contributed by atoms with van der Waals surface area (Å²) >= 11 is 0. The lowest BCUT2D eigenvalue weighted by atomic mass is 10.1. The molecule has 2 aromatic heterocycles. The van der Waals surface area contributed by atoms with E-state index in [1.54, 1.807) is 10.9 Å². The largest absolute Gasteiger partial charge is 0.385 e. The van der Waals surface area contributed by atoms with E-state index in [9.17, 15) is 5.11 Å². The van der Waals surface area contributed by atoms with Gasteiger partial charge in [-0.1, -0.05) is 6.07 Å². The quantitative estimate of drug-likeness (QED) is 0.894. The first-order valence-corrected chi connectivity index (χ1v) is 6.74. The van der Waals surface area contributed by atoms with Crippen LogP contribution < -0.4 is 5.32 Å². The van der Waals surface area contributed by atoms with E-state index in [1.165, 1.54) is 0 Å². The summed E-state index contributed by atoms with van der Waals surface area (Å²) in [7, 11) is 1.87. The monoisotopic (exact) mass is 274 g/mol. The Balaban J connectivity index is 2.13. The first-order valence-electron chi connectivity index (χ1n) is 6.74. The molecule has 0 spiro atoms. The molecular weight excluding hydrogens is 252 g/mol. The number of nitrogens with one attached hydrogen (secondary N) is 1. The van der Waals surface area contributed by atoms with Gasteiger partial charge in [0.05, 0.1) is 17.6 Å². The summed E-state index contributed by atoms with van der Waals surface area (Å²) in [5, 5.41) is 17.6. The van der Waals surface area contributed by atoms with E-state index < -0.39 is 6.10 Å². The Morgan fingerprint density at radius 3 is 2.70 bits per heavy atom. The van der Waals surface area contributed by atoms with Gasteiger partial charge in [-0.05, 0) is 32.9 Å². The van der Waals surface area contributed by atoms with Crippen LogP contribution in [0.1, 0.15) is 32.6 Å². The Kier molecular flexibility index (Phi) is 4.20. The summed E-state index contributed by atoms with van der Waals surface area (Å²) < 4.78 is 1.74. The Morgan fingerprint density at radius 2 is 2.10 bits per heavy atom. The molecule has 0 unspecified atom stereocenters. The molecular formula is C15H22N4O. The van der Waals surface area contributed by atoms with Crippen molar-refractivity contribution in [1.82, 2.24) is 20.1 Å². The number of hydrogen-bond donors (Lipinski definition) is 2. The molecule has 0 saturated heterocycles. The highest BCUT2D eigenvalue weighted by Gasteiger charge is 2.15. The number of β-amino-alcohol motifs (C(OH)–C–C–N with tert-alkyl or cyclic N) is 1. The summed E-state index contributed by atoms with van der Waals surface area (Å²) in [6, 6.07) is 5.67. The molecule has 5 nitrogen and oxygen atoms in total. The molecule has 20 heavy (non-hydrogen) atoms. The van der Waals surface area contributed by atoms with Crippen LogP contribution in [0.4, 0.5) is 0 Å². The molecule has 0 amide bonds. The molecule has 1 atom stereocenters. The van der Waals surface area contributed by atoms with Crippen molar-refractivity contribution >= 4 is 0 Å². The summed E-state index contributed by atoms with van der Waals surface area (Å²) in [4.78, 5) is 4.51. The van der Waals surface area contributed by atoms with E-state index >= 15 is 0 Å². The molecule has 0 aliphatic rings. The number of rotatable bonds is 4. The van der Waals surface area contributed by atoms with E-state index in [1.807, 2.05) is 31.4 Å². The highest BCUT2D eigenvalue weighted by atomic mass is 16.3. The van der Waals surface area contributed by atoms with Crippen LogP contribution in [0.3, 0.4) is 0 Å². The van der Waals surface area contributed by atoms with Gasteiger partial charge in [-0.25, -0.2) is 4.98 Å². The second-order valence-electron chi connectivity index (χ2n) is 6.00. The topological polar surface area (TPSA) is 63.0 Å². The van der Waals surface area contributed by atoms with Crippen molar-refractivity contribution in [2.75, 3.05) is 6.54 Å². The van der Waals surface area contributed by atoms with Crippen molar-refractivity contribution < 1.29 is 5.11 Å². The number of pyridine rings is 1. The lowest BCUT2D eigenvalue weighted by Gasteiger charge is -2.22. The fourth-order valence-electron chi connectivity index (χ4n) is 1.86. The predicted molar refractivity (Wildman–Crippen MR) is 79.2 cm³/mol. The molecule has 0 bridgehead atoms. The van der Waals surface area contributed by atoms with Gasteiger partial charge in [-0.15, -0.1) is 0 Å². The van der Waals surface area contributed by atoms with E-state index in [-0.39, 0.29) is 5.54 Å². The second-order valence-corrected chi connectivity index (χ2v) is 6.00. The van der Waals surface area contributed by atoms with Gasteiger partial charge in [0.2, 0.25) is 0 Å². The van der Waals surface area contributed by atoms with Crippen molar-refractivity contribution in [2.45, 2.75) is 32.4 Å². The maximum atomic E-state index is 10.2. The Bertz CT molecular complexity index is 571. The van der Waals surface area contributed by atoms with E-state index in [2.05, 4.69) is 36.2 Å². The molecule has 0 aliphatic carbocycles. The third-order valence-electron chi connectivity index (χ3n) is 2.94. The first kappa shape index (κ1) is 14.7. The second kappa shape index (κ2) is 5.73. The van der Waals surface area contributed by atoms with Crippen molar-refractivity contribution in [3.8, 4) is 11.3 Å². The van der Waals surface area contributed by atoms with Crippen LogP contribution in [-0.4, -0.2) is 32.0 Å². The van der Waals surface area contributed by atoms with Crippen LogP contribution in [0.5, 0.6) is 0 Å². The molecule has 0 aliphatic heterocycles. The molecule has 2 aromatic rings.